The highest BCUT2D eigenvalue weighted by Crippen LogP contribution is 2.10. The Morgan fingerprint density at radius 1 is 0.452 bits per heavy atom. The molecule has 0 aliphatic rings. The molecule has 186 valence electrons. The van der Waals surface area contributed by atoms with Gasteiger partial charge >= 0.3 is 0 Å². The quantitative estimate of drug-likeness (QED) is 0.123. The minimum absolute atomic E-state index is 0.0559. The van der Waals surface area contributed by atoms with Gasteiger partial charge in [0, 0.05) is 6.61 Å². The van der Waals surface area contributed by atoms with Crippen molar-refractivity contribution < 1.29 is 24.1 Å². The van der Waals surface area contributed by atoms with Gasteiger partial charge < -0.3 is 24.1 Å². The van der Waals surface area contributed by atoms with E-state index < -0.39 is 0 Å². The van der Waals surface area contributed by atoms with Crippen LogP contribution in [0.2, 0.25) is 0 Å². The van der Waals surface area contributed by atoms with Crippen molar-refractivity contribution in [3.8, 4) is 0 Å². The zero-order valence-electron chi connectivity index (χ0n) is 20.5. The van der Waals surface area contributed by atoms with E-state index >= 15 is 0 Å². The molecule has 0 aliphatic heterocycles. The lowest BCUT2D eigenvalue weighted by atomic mass is 10.1. The van der Waals surface area contributed by atoms with E-state index in [-0.39, 0.29) is 6.61 Å². The molecule has 0 atom stereocenters. The number of hydrogen-bond donors (Lipinski definition) is 1. The number of aliphatic hydroxyl groups excluding tert-OH is 1. The number of hydrogen-bond acceptors (Lipinski definition) is 5. The van der Waals surface area contributed by atoms with Gasteiger partial charge in [0.15, 0.2) is 0 Å². The molecule has 5 nitrogen and oxygen atoms in total. The Hall–Kier alpha value is -0.460. The predicted molar refractivity (Wildman–Crippen MR) is 130 cm³/mol. The van der Waals surface area contributed by atoms with E-state index in [9.17, 15) is 0 Å². The van der Waals surface area contributed by atoms with Crippen molar-refractivity contribution in [1.82, 2.24) is 0 Å². The summed E-state index contributed by atoms with van der Waals surface area (Å²) in [5.74, 6) is 0. The summed E-state index contributed by atoms with van der Waals surface area (Å²) in [6, 6.07) is 0. The topological polar surface area (TPSA) is 57.2 Å². The number of aliphatic hydroxyl groups is 1. The minimum Gasteiger partial charge on any atom is -0.394 e. The molecule has 1 N–H and O–H groups in total. The Bertz CT molecular complexity index is 336. The molecule has 31 heavy (non-hydrogen) atoms. The molecule has 0 aliphatic carbocycles. The summed E-state index contributed by atoms with van der Waals surface area (Å²) in [5.41, 5.74) is 0. The fourth-order valence-electron chi connectivity index (χ4n) is 3.28. The average molecular weight is 445 g/mol. The first kappa shape index (κ1) is 30.5. The molecule has 0 aromatic carbocycles. The van der Waals surface area contributed by atoms with Crippen molar-refractivity contribution in [1.29, 1.82) is 0 Å². The fraction of sp³-hybridized carbons (Fsp3) is 0.923. The third kappa shape index (κ3) is 29.5. The summed E-state index contributed by atoms with van der Waals surface area (Å²) < 4.78 is 21.5. The second kappa shape index (κ2) is 29.5. The van der Waals surface area contributed by atoms with Gasteiger partial charge in [-0.15, -0.1) is 0 Å². The zero-order valence-corrected chi connectivity index (χ0v) is 20.5. The lowest BCUT2D eigenvalue weighted by Crippen LogP contribution is -2.12. The highest BCUT2D eigenvalue weighted by atomic mass is 16.6. The van der Waals surface area contributed by atoms with Gasteiger partial charge in [-0.3, -0.25) is 0 Å². The Morgan fingerprint density at radius 2 is 0.839 bits per heavy atom. The maximum Gasteiger partial charge on any atom is 0.0701 e. The summed E-state index contributed by atoms with van der Waals surface area (Å²) in [4.78, 5) is 0. The van der Waals surface area contributed by atoms with Crippen LogP contribution in [0.1, 0.15) is 96.8 Å². The molecule has 0 saturated heterocycles. The number of rotatable bonds is 27. The molecule has 0 rings (SSSR count). The molecule has 0 bridgehead atoms. The molecule has 0 aromatic heterocycles. The van der Waals surface area contributed by atoms with Crippen LogP contribution in [0, 0.1) is 0 Å². The van der Waals surface area contributed by atoms with Crippen LogP contribution in [0.3, 0.4) is 0 Å². The summed E-state index contributed by atoms with van der Waals surface area (Å²) in [7, 11) is 0. The molecule has 0 spiro atoms. The number of allylic oxidation sites excluding steroid dienone is 2. The molecular formula is C26H52O5. The highest BCUT2D eigenvalue weighted by molar-refractivity contribution is 4.81. The van der Waals surface area contributed by atoms with E-state index in [1.165, 1.54) is 83.5 Å². The minimum atomic E-state index is 0.0559. The molecule has 0 aromatic rings. The molecule has 0 radical (unpaired) electrons. The van der Waals surface area contributed by atoms with Crippen molar-refractivity contribution in [3.05, 3.63) is 12.2 Å². The monoisotopic (exact) mass is 444 g/mol. The second-order valence-corrected chi connectivity index (χ2v) is 8.11. The van der Waals surface area contributed by atoms with Gasteiger partial charge in [0.25, 0.3) is 0 Å². The zero-order chi connectivity index (χ0) is 22.5. The van der Waals surface area contributed by atoms with Crippen molar-refractivity contribution in [2.24, 2.45) is 0 Å². The molecule has 0 saturated carbocycles. The van der Waals surface area contributed by atoms with Crippen LogP contribution in [0.5, 0.6) is 0 Å². The van der Waals surface area contributed by atoms with Crippen molar-refractivity contribution >= 4 is 0 Å². The SMILES string of the molecule is CCCCCCCC/C=C\CCCCCCCCOCCOCCOCCOCCO. The van der Waals surface area contributed by atoms with Gasteiger partial charge in [-0.25, -0.2) is 0 Å². The predicted octanol–water partition coefficient (Wildman–Crippen LogP) is 6.08. The Morgan fingerprint density at radius 3 is 1.32 bits per heavy atom. The van der Waals surface area contributed by atoms with Crippen LogP contribution in [-0.2, 0) is 18.9 Å². The molecular weight excluding hydrogens is 392 g/mol. The van der Waals surface area contributed by atoms with Crippen LogP contribution in [0.15, 0.2) is 12.2 Å². The molecule has 0 amide bonds. The number of ether oxygens (including phenoxy) is 4. The summed E-state index contributed by atoms with van der Waals surface area (Å²) in [5, 5.41) is 8.56. The van der Waals surface area contributed by atoms with Gasteiger partial charge in [0.1, 0.15) is 0 Å². The summed E-state index contributed by atoms with van der Waals surface area (Å²) in [6.07, 6.45) is 23.4. The first-order valence-corrected chi connectivity index (χ1v) is 13.0. The Kier molecular flexibility index (Phi) is 29.1. The maximum atomic E-state index is 8.56. The van der Waals surface area contributed by atoms with Gasteiger partial charge in [0.05, 0.1) is 52.9 Å². The number of unbranched alkanes of at least 4 members (excludes halogenated alkanes) is 12. The molecule has 5 heteroatoms. The first-order chi connectivity index (χ1) is 15.4. The van der Waals surface area contributed by atoms with Crippen molar-refractivity contribution in [2.75, 3.05) is 59.5 Å². The van der Waals surface area contributed by atoms with Gasteiger partial charge in [-0.05, 0) is 32.1 Å². The van der Waals surface area contributed by atoms with E-state index in [4.69, 9.17) is 24.1 Å². The third-order valence-electron chi connectivity index (χ3n) is 5.15. The largest absolute Gasteiger partial charge is 0.394 e. The lowest BCUT2D eigenvalue weighted by molar-refractivity contribution is -0.00577. The van der Waals surface area contributed by atoms with Crippen LogP contribution in [0.25, 0.3) is 0 Å². The normalized spacial score (nSPS) is 11.7. The molecule has 0 heterocycles. The van der Waals surface area contributed by atoms with Crippen LogP contribution >= 0.6 is 0 Å². The third-order valence-corrected chi connectivity index (χ3v) is 5.15. The van der Waals surface area contributed by atoms with Crippen LogP contribution in [-0.4, -0.2) is 64.6 Å². The molecule has 0 unspecified atom stereocenters. The van der Waals surface area contributed by atoms with Gasteiger partial charge in [-0.2, -0.15) is 0 Å². The van der Waals surface area contributed by atoms with Crippen LogP contribution in [0.4, 0.5) is 0 Å². The van der Waals surface area contributed by atoms with E-state index in [0.29, 0.717) is 46.2 Å². The van der Waals surface area contributed by atoms with E-state index in [2.05, 4.69) is 19.1 Å². The van der Waals surface area contributed by atoms with Gasteiger partial charge in [0.2, 0.25) is 0 Å². The highest BCUT2D eigenvalue weighted by Gasteiger charge is 1.94. The van der Waals surface area contributed by atoms with Crippen molar-refractivity contribution in [2.45, 2.75) is 96.8 Å². The van der Waals surface area contributed by atoms with E-state index in [1.54, 1.807) is 0 Å². The summed E-state index contributed by atoms with van der Waals surface area (Å²) in [6.45, 7) is 7.02. The maximum absolute atomic E-state index is 8.56. The Balaban J connectivity index is 3.04. The molecule has 0 fully saturated rings. The van der Waals surface area contributed by atoms with E-state index in [0.717, 1.165) is 13.0 Å². The van der Waals surface area contributed by atoms with Crippen molar-refractivity contribution in [3.63, 3.8) is 0 Å². The lowest BCUT2D eigenvalue weighted by Gasteiger charge is -2.07. The fourth-order valence-corrected chi connectivity index (χ4v) is 3.28. The van der Waals surface area contributed by atoms with Gasteiger partial charge in [-0.1, -0.05) is 76.9 Å². The first-order valence-electron chi connectivity index (χ1n) is 13.0. The summed E-state index contributed by atoms with van der Waals surface area (Å²) >= 11 is 0. The Labute approximate surface area is 192 Å². The van der Waals surface area contributed by atoms with E-state index in [1.807, 2.05) is 0 Å². The second-order valence-electron chi connectivity index (χ2n) is 8.11. The smallest absolute Gasteiger partial charge is 0.0701 e. The standard InChI is InChI=1S/C26H52O5/c1-2-3-4-5-6-7-8-9-10-11-12-13-14-15-16-17-19-28-21-23-30-25-26-31-24-22-29-20-18-27/h9-10,27H,2-8,11-26H2,1H3/b10-9-. The average Bonchev–Trinajstić information content (AvgIpc) is 2.78. The van der Waals surface area contributed by atoms with Crippen LogP contribution < -0.4 is 0 Å².